The van der Waals surface area contributed by atoms with Crippen molar-refractivity contribution < 1.29 is 13.3 Å². The van der Waals surface area contributed by atoms with Gasteiger partial charge in [0, 0.05) is 45.3 Å². The monoisotopic (exact) mass is 498 g/mol. The van der Waals surface area contributed by atoms with Gasteiger partial charge in [0.05, 0.1) is 27.3 Å². The van der Waals surface area contributed by atoms with Gasteiger partial charge in [0.15, 0.2) is 0 Å². The third kappa shape index (κ3) is 4.64. The first kappa shape index (κ1) is 23.4. The highest BCUT2D eigenvalue weighted by Gasteiger charge is 2.31. The Kier molecular flexibility index (Phi) is 6.26. The summed E-state index contributed by atoms with van der Waals surface area (Å²) in [5, 5.41) is 12.4. The van der Waals surface area contributed by atoms with Crippen molar-refractivity contribution in [3.05, 3.63) is 68.8 Å². The molecule has 2 fully saturated rings. The third-order valence-corrected chi connectivity index (χ3v) is 8.49. The number of aromatic nitrogens is 2. The van der Waals surface area contributed by atoms with Gasteiger partial charge in [-0.25, -0.2) is 13.4 Å². The highest BCUT2D eigenvalue weighted by atomic mass is 32.2. The largest absolute Gasteiger partial charge is 0.363 e. The molecule has 1 N–H and O–H groups in total. The standard InChI is InChI=1S/C23H26N6O5S/c30-23-18-5-1-2-6-19(18)24-22(25-23)16-26-11-13-27(14-12-26)20-8-7-17(15-21(20)29(31)32)35(33,34)28-9-3-4-10-28/h1-2,5-8,15H,3-4,9-14,16H2,(H,24,25,30). The molecule has 0 atom stereocenters. The lowest BCUT2D eigenvalue weighted by molar-refractivity contribution is -0.384. The van der Waals surface area contributed by atoms with Crippen LogP contribution in [0.2, 0.25) is 0 Å². The lowest BCUT2D eigenvalue weighted by Gasteiger charge is -2.35. The van der Waals surface area contributed by atoms with Gasteiger partial charge in [-0.3, -0.25) is 19.8 Å². The van der Waals surface area contributed by atoms with E-state index in [1.807, 2.05) is 11.0 Å². The summed E-state index contributed by atoms with van der Waals surface area (Å²) in [4.78, 5) is 35.0. The molecule has 11 nitrogen and oxygen atoms in total. The van der Waals surface area contributed by atoms with Crippen LogP contribution in [-0.4, -0.2) is 71.8 Å². The maximum Gasteiger partial charge on any atom is 0.293 e. The first-order chi connectivity index (χ1) is 16.8. The molecule has 0 saturated carbocycles. The quantitative estimate of drug-likeness (QED) is 0.403. The average molecular weight is 499 g/mol. The number of rotatable bonds is 6. The SMILES string of the molecule is O=c1[nH]c(CN2CCN(c3ccc(S(=O)(=O)N4CCCC4)cc3[N+](=O)[O-])CC2)nc2ccccc12. The highest BCUT2D eigenvalue weighted by Crippen LogP contribution is 2.33. The van der Waals surface area contributed by atoms with Crippen molar-refractivity contribution in [3.63, 3.8) is 0 Å². The Bertz CT molecular complexity index is 1430. The van der Waals surface area contributed by atoms with Crippen LogP contribution < -0.4 is 10.5 Å². The van der Waals surface area contributed by atoms with E-state index in [2.05, 4.69) is 14.9 Å². The third-order valence-electron chi connectivity index (χ3n) is 6.59. The molecule has 3 heterocycles. The number of benzene rings is 2. The van der Waals surface area contributed by atoms with Crippen LogP contribution in [0.5, 0.6) is 0 Å². The van der Waals surface area contributed by atoms with Gasteiger partial charge >= 0.3 is 0 Å². The molecule has 2 saturated heterocycles. The van der Waals surface area contributed by atoms with E-state index in [1.54, 1.807) is 24.3 Å². The molecule has 2 aliphatic rings. The number of H-pyrrole nitrogens is 1. The zero-order valence-electron chi connectivity index (χ0n) is 19.1. The zero-order chi connectivity index (χ0) is 24.6. The van der Waals surface area contributed by atoms with Gasteiger partial charge < -0.3 is 9.88 Å². The van der Waals surface area contributed by atoms with Crippen LogP contribution in [0.15, 0.2) is 52.2 Å². The Morgan fingerprint density at radius 1 is 1.00 bits per heavy atom. The number of fused-ring (bicyclic) bond motifs is 1. The topological polar surface area (TPSA) is 133 Å². The molecule has 2 aromatic carbocycles. The summed E-state index contributed by atoms with van der Waals surface area (Å²) in [6, 6.07) is 11.4. The number of nitro groups is 1. The minimum absolute atomic E-state index is 0.0418. The van der Waals surface area contributed by atoms with Crippen molar-refractivity contribution in [1.82, 2.24) is 19.2 Å². The maximum absolute atomic E-state index is 12.9. The van der Waals surface area contributed by atoms with E-state index in [4.69, 9.17) is 0 Å². The molecule has 0 unspecified atom stereocenters. The maximum atomic E-state index is 12.9. The van der Waals surface area contributed by atoms with E-state index >= 15 is 0 Å². The van der Waals surface area contributed by atoms with Crippen molar-refractivity contribution in [2.75, 3.05) is 44.2 Å². The number of nitrogens with one attached hydrogen (secondary N) is 1. The molecule has 5 rings (SSSR count). The van der Waals surface area contributed by atoms with E-state index < -0.39 is 14.9 Å². The molecule has 0 amide bonds. The molecule has 12 heteroatoms. The number of hydrogen-bond donors (Lipinski definition) is 1. The van der Waals surface area contributed by atoms with Gasteiger partial charge in [0.2, 0.25) is 10.0 Å². The summed E-state index contributed by atoms with van der Waals surface area (Å²) in [5.74, 6) is 0.574. The van der Waals surface area contributed by atoms with Crippen molar-refractivity contribution in [2.45, 2.75) is 24.3 Å². The van der Waals surface area contributed by atoms with Gasteiger partial charge in [0.1, 0.15) is 11.5 Å². The van der Waals surface area contributed by atoms with E-state index in [-0.39, 0.29) is 16.1 Å². The molecular formula is C23H26N6O5S. The second-order valence-electron chi connectivity index (χ2n) is 8.81. The average Bonchev–Trinajstić information content (AvgIpc) is 3.40. The number of para-hydroxylation sites is 1. The van der Waals surface area contributed by atoms with Crippen LogP contribution in [-0.2, 0) is 16.6 Å². The minimum atomic E-state index is -3.74. The Morgan fingerprint density at radius 2 is 1.71 bits per heavy atom. The minimum Gasteiger partial charge on any atom is -0.363 e. The summed E-state index contributed by atoms with van der Waals surface area (Å²) < 4.78 is 27.1. The van der Waals surface area contributed by atoms with Crippen LogP contribution in [0.1, 0.15) is 18.7 Å². The Morgan fingerprint density at radius 3 is 2.43 bits per heavy atom. The smallest absolute Gasteiger partial charge is 0.293 e. The molecule has 0 radical (unpaired) electrons. The Labute approximate surface area is 202 Å². The predicted molar refractivity (Wildman–Crippen MR) is 131 cm³/mol. The van der Waals surface area contributed by atoms with Gasteiger partial charge in [-0.1, -0.05) is 12.1 Å². The van der Waals surface area contributed by atoms with Crippen molar-refractivity contribution >= 4 is 32.3 Å². The molecular weight excluding hydrogens is 472 g/mol. The summed E-state index contributed by atoms with van der Waals surface area (Å²) >= 11 is 0. The summed E-state index contributed by atoms with van der Waals surface area (Å²) in [5.41, 5.74) is 0.667. The van der Waals surface area contributed by atoms with Gasteiger partial charge in [0.25, 0.3) is 11.2 Å². The fourth-order valence-corrected chi connectivity index (χ4v) is 6.26. The number of nitro benzene ring substituents is 1. The summed E-state index contributed by atoms with van der Waals surface area (Å²) in [6.07, 6.45) is 1.60. The number of nitrogens with zero attached hydrogens (tertiary/aromatic N) is 5. The molecule has 0 aliphatic carbocycles. The Hall–Kier alpha value is -3.35. The normalized spacial score (nSPS) is 17.8. The molecule has 3 aromatic rings. The summed E-state index contributed by atoms with van der Waals surface area (Å²) in [6.45, 7) is 3.62. The predicted octanol–water partition coefficient (Wildman–Crippen LogP) is 1.94. The van der Waals surface area contributed by atoms with E-state index in [9.17, 15) is 23.3 Å². The second kappa shape index (κ2) is 9.36. The molecule has 184 valence electrons. The van der Waals surface area contributed by atoms with Crippen molar-refractivity contribution in [1.29, 1.82) is 0 Å². The van der Waals surface area contributed by atoms with Crippen LogP contribution >= 0.6 is 0 Å². The highest BCUT2D eigenvalue weighted by molar-refractivity contribution is 7.89. The van der Waals surface area contributed by atoms with Crippen molar-refractivity contribution in [3.8, 4) is 0 Å². The number of piperazine rings is 1. The van der Waals surface area contributed by atoms with Crippen LogP contribution in [0.25, 0.3) is 10.9 Å². The van der Waals surface area contributed by atoms with Crippen molar-refractivity contribution in [2.24, 2.45) is 0 Å². The Balaban J connectivity index is 1.31. The van der Waals surface area contributed by atoms with Gasteiger partial charge in [-0.05, 0) is 37.1 Å². The summed E-state index contributed by atoms with van der Waals surface area (Å²) in [7, 11) is -3.74. The number of sulfonamides is 1. The zero-order valence-corrected chi connectivity index (χ0v) is 19.9. The first-order valence-electron chi connectivity index (χ1n) is 11.6. The molecule has 2 aliphatic heterocycles. The number of anilines is 1. The fraction of sp³-hybridized carbons (Fsp3) is 0.391. The second-order valence-corrected chi connectivity index (χ2v) is 10.7. The molecule has 35 heavy (non-hydrogen) atoms. The van der Waals surface area contributed by atoms with E-state index in [0.29, 0.717) is 68.2 Å². The lowest BCUT2D eigenvalue weighted by atomic mass is 10.2. The first-order valence-corrected chi connectivity index (χ1v) is 13.0. The van der Waals surface area contributed by atoms with E-state index in [1.165, 1.54) is 16.4 Å². The fourth-order valence-electron chi connectivity index (χ4n) is 4.72. The molecule has 0 spiro atoms. The van der Waals surface area contributed by atoms with Crippen LogP contribution in [0, 0.1) is 10.1 Å². The van der Waals surface area contributed by atoms with Crippen LogP contribution in [0.4, 0.5) is 11.4 Å². The number of hydrogen-bond acceptors (Lipinski definition) is 8. The molecule has 0 bridgehead atoms. The van der Waals surface area contributed by atoms with E-state index in [0.717, 1.165) is 12.8 Å². The van der Waals surface area contributed by atoms with Crippen LogP contribution in [0.3, 0.4) is 0 Å². The number of aromatic amines is 1. The lowest BCUT2D eigenvalue weighted by Crippen LogP contribution is -2.46. The van der Waals surface area contributed by atoms with Gasteiger partial charge in [-0.15, -0.1) is 0 Å². The molecule has 1 aromatic heterocycles. The van der Waals surface area contributed by atoms with Gasteiger partial charge in [-0.2, -0.15) is 4.31 Å².